The Hall–Kier alpha value is -1.56. The molecule has 0 N–H and O–H groups in total. The van der Waals surface area contributed by atoms with E-state index in [-0.39, 0.29) is 5.78 Å². The van der Waals surface area contributed by atoms with Crippen molar-refractivity contribution in [2.75, 3.05) is 0 Å². The van der Waals surface area contributed by atoms with Gasteiger partial charge in [0.2, 0.25) is 0 Å². The largest absolute Gasteiger partial charge is 0.292 e. The molecule has 0 bridgehead atoms. The molecule has 0 aliphatic heterocycles. The van der Waals surface area contributed by atoms with Crippen LogP contribution in [0.15, 0.2) is 6.07 Å². The average Bonchev–Trinajstić information content (AvgIpc) is 2.59. The van der Waals surface area contributed by atoms with Crippen molar-refractivity contribution in [1.29, 1.82) is 0 Å². The average molecular weight is 204 g/mol. The van der Waals surface area contributed by atoms with Crippen LogP contribution >= 0.6 is 0 Å². The molecule has 0 spiro atoms. The Balaban J connectivity index is 2.78. The molecule has 1 aromatic heterocycles. The van der Waals surface area contributed by atoms with Gasteiger partial charge in [-0.3, -0.25) is 9.48 Å². The lowest BCUT2D eigenvalue weighted by Gasteiger charge is -2.03. The summed E-state index contributed by atoms with van der Waals surface area (Å²) < 4.78 is 1.76. The number of carbonyl (C=O) groups excluding carboxylic acids is 1. The topological polar surface area (TPSA) is 34.9 Å². The Morgan fingerprint density at radius 1 is 1.67 bits per heavy atom. The van der Waals surface area contributed by atoms with E-state index in [2.05, 4.69) is 11.0 Å². The maximum absolute atomic E-state index is 11.6. The molecule has 0 amide bonds. The highest BCUT2D eigenvalue weighted by Crippen LogP contribution is 2.08. The minimum Gasteiger partial charge on any atom is -0.292 e. The van der Waals surface area contributed by atoms with E-state index in [0.717, 1.165) is 25.1 Å². The lowest BCUT2D eigenvalue weighted by atomic mass is 10.2. The van der Waals surface area contributed by atoms with Crippen LogP contribution < -0.4 is 0 Å². The molecule has 1 aromatic rings. The number of hydrogen-bond donors (Lipinski definition) is 0. The van der Waals surface area contributed by atoms with E-state index in [0.29, 0.717) is 12.1 Å². The molecular weight excluding hydrogens is 188 g/mol. The molecule has 0 aliphatic rings. The monoisotopic (exact) mass is 204 g/mol. The molecule has 3 heteroatoms. The van der Waals surface area contributed by atoms with Gasteiger partial charge in [-0.25, -0.2) is 0 Å². The normalized spacial score (nSPS) is 9.93. The van der Waals surface area contributed by atoms with Gasteiger partial charge in [0.1, 0.15) is 5.69 Å². The molecule has 0 radical (unpaired) electrons. The van der Waals surface area contributed by atoms with Gasteiger partial charge >= 0.3 is 0 Å². The fourth-order valence-corrected chi connectivity index (χ4v) is 1.45. The first-order chi connectivity index (χ1) is 7.19. The maximum Gasteiger partial charge on any atom is 0.180 e. The van der Waals surface area contributed by atoms with Gasteiger partial charge in [0, 0.05) is 19.4 Å². The third-order valence-electron chi connectivity index (χ3n) is 2.20. The van der Waals surface area contributed by atoms with E-state index in [9.17, 15) is 4.79 Å². The van der Waals surface area contributed by atoms with Crippen LogP contribution in [0.5, 0.6) is 0 Å². The molecule has 0 fully saturated rings. The number of carbonyl (C=O) groups is 1. The summed E-state index contributed by atoms with van der Waals surface area (Å²) in [5, 5.41) is 4.28. The molecule has 80 valence electrons. The SMILES string of the molecule is C#CCCCn1nc(C)cc1C(=O)CC. The third kappa shape index (κ3) is 2.95. The smallest absolute Gasteiger partial charge is 0.180 e. The number of aromatic nitrogens is 2. The van der Waals surface area contributed by atoms with Crippen molar-refractivity contribution in [3.8, 4) is 12.3 Å². The second kappa shape index (κ2) is 5.35. The Kier molecular flexibility index (Phi) is 4.11. The predicted octanol–water partition coefficient (Wildman–Crippen LogP) is 2.20. The third-order valence-corrected chi connectivity index (χ3v) is 2.20. The van der Waals surface area contributed by atoms with Crippen LogP contribution in [0.3, 0.4) is 0 Å². The highest BCUT2D eigenvalue weighted by Gasteiger charge is 2.11. The fourth-order valence-electron chi connectivity index (χ4n) is 1.45. The summed E-state index contributed by atoms with van der Waals surface area (Å²) >= 11 is 0. The van der Waals surface area contributed by atoms with E-state index in [1.165, 1.54) is 0 Å². The van der Waals surface area contributed by atoms with Gasteiger partial charge in [0.05, 0.1) is 5.69 Å². The number of rotatable bonds is 5. The molecule has 1 rings (SSSR count). The summed E-state index contributed by atoms with van der Waals surface area (Å²) in [7, 11) is 0. The Labute approximate surface area is 90.5 Å². The predicted molar refractivity (Wildman–Crippen MR) is 59.7 cm³/mol. The van der Waals surface area contributed by atoms with Gasteiger partial charge < -0.3 is 0 Å². The van der Waals surface area contributed by atoms with E-state index in [1.54, 1.807) is 4.68 Å². The number of nitrogens with zero attached hydrogens (tertiary/aromatic N) is 2. The van der Waals surface area contributed by atoms with Crippen LogP contribution in [0, 0.1) is 19.3 Å². The fraction of sp³-hybridized carbons (Fsp3) is 0.500. The lowest BCUT2D eigenvalue weighted by molar-refractivity contribution is 0.0977. The maximum atomic E-state index is 11.6. The molecule has 15 heavy (non-hydrogen) atoms. The van der Waals surface area contributed by atoms with E-state index >= 15 is 0 Å². The number of Topliss-reactive ketones (excluding diaryl/α,β-unsaturated/α-hetero) is 1. The van der Waals surface area contributed by atoms with Crippen molar-refractivity contribution >= 4 is 5.78 Å². The van der Waals surface area contributed by atoms with Crippen LogP contribution in [0.2, 0.25) is 0 Å². The van der Waals surface area contributed by atoms with Gasteiger partial charge in [0.25, 0.3) is 0 Å². The standard InChI is InChI=1S/C12H16N2O/c1-4-6-7-8-14-11(12(15)5-2)9-10(3)13-14/h1,9H,5-8H2,2-3H3. The summed E-state index contributed by atoms with van der Waals surface area (Å²) in [6.07, 6.45) is 7.27. The molecule has 0 saturated carbocycles. The van der Waals surface area contributed by atoms with Gasteiger partial charge in [-0.2, -0.15) is 5.10 Å². The van der Waals surface area contributed by atoms with E-state index in [1.807, 2.05) is 19.9 Å². The second-order valence-electron chi connectivity index (χ2n) is 3.48. The van der Waals surface area contributed by atoms with Crippen molar-refractivity contribution < 1.29 is 4.79 Å². The zero-order chi connectivity index (χ0) is 11.3. The summed E-state index contributed by atoms with van der Waals surface area (Å²) in [5.74, 6) is 2.72. The molecule has 0 unspecified atom stereocenters. The number of terminal acetylenes is 1. The van der Waals surface area contributed by atoms with E-state index < -0.39 is 0 Å². The van der Waals surface area contributed by atoms with E-state index in [4.69, 9.17) is 6.42 Å². The van der Waals surface area contributed by atoms with Gasteiger partial charge in [0.15, 0.2) is 5.78 Å². The highest BCUT2D eigenvalue weighted by molar-refractivity contribution is 5.94. The summed E-state index contributed by atoms with van der Waals surface area (Å²) in [6, 6.07) is 1.84. The summed E-state index contributed by atoms with van der Waals surface area (Å²) in [5.41, 5.74) is 1.58. The molecule has 0 aliphatic carbocycles. The number of hydrogen-bond acceptors (Lipinski definition) is 2. The van der Waals surface area contributed by atoms with Crippen LogP contribution in [0.4, 0.5) is 0 Å². The first-order valence-electron chi connectivity index (χ1n) is 5.20. The van der Waals surface area contributed by atoms with Crippen molar-refractivity contribution in [2.45, 2.75) is 39.7 Å². The van der Waals surface area contributed by atoms with Crippen LogP contribution in [-0.2, 0) is 6.54 Å². The van der Waals surface area contributed by atoms with Gasteiger partial charge in [-0.05, 0) is 19.4 Å². The van der Waals surface area contributed by atoms with Gasteiger partial charge in [-0.15, -0.1) is 12.3 Å². The van der Waals surface area contributed by atoms with Crippen LogP contribution in [-0.4, -0.2) is 15.6 Å². The number of ketones is 1. The minimum absolute atomic E-state index is 0.135. The van der Waals surface area contributed by atoms with Crippen molar-refractivity contribution in [1.82, 2.24) is 9.78 Å². The lowest BCUT2D eigenvalue weighted by Crippen LogP contribution is -2.10. The highest BCUT2D eigenvalue weighted by atomic mass is 16.1. The molecular formula is C12H16N2O. The summed E-state index contributed by atoms with van der Waals surface area (Å²) in [6.45, 7) is 4.47. The first kappa shape index (κ1) is 11.5. The van der Waals surface area contributed by atoms with Crippen molar-refractivity contribution in [3.63, 3.8) is 0 Å². The Bertz CT molecular complexity index is 385. The van der Waals surface area contributed by atoms with Crippen molar-refractivity contribution in [3.05, 3.63) is 17.5 Å². The zero-order valence-electron chi connectivity index (χ0n) is 9.29. The van der Waals surface area contributed by atoms with Crippen LogP contribution in [0.1, 0.15) is 42.4 Å². The zero-order valence-corrected chi connectivity index (χ0v) is 9.29. The second-order valence-corrected chi connectivity index (χ2v) is 3.48. The Morgan fingerprint density at radius 2 is 2.40 bits per heavy atom. The van der Waals surface area contributed by atoms with Crippen molar-refractivity contribution in [2.24, 2.45) is 0 Å². The first-order valence-corrected chi connectivity index (χ1v) is 5.20. The van der Waals surface area contributed by atoms with Crippen LogP contribution in [0.25, 0.3) is 0 Å². The molecule has 1 heterocycles. The molecule has 0 saturated heterocycles. The number of aryl methyl sites for hydroxylation is 2. The van der Waals surface area contributed by atoms with Gasteiger partial charge in [-0.1, -0.05) is 6.92 Å². The Morgan fingerprint density at radius 3 is 3.00 bits per heavy atom. The molecule has 0 atom stereocenters. The molecule has 0 aromatic carbocycles. The quantitative estimate of drug-likeness (QED) is 0.418. The summed E-state index contributed by atoms with van der Waals surface area (Å²) in [4.78, 5) is 11.6. The molecule has 3 nitrogen and oxygen atoms in total. The number of unbranched alkanes of at least 4 members (excludes halogenated alkanes) is 1. The minimum atomic E-state index is 0.135.